The molecule has 2 aromatic carbocycles. The molecule has 126 valence electrons. The Morgan fingerprint density at radius 2 is 2.08 bits per heavy atom. The van der Waals surface area contributed by atoms with E-state index in [9.17, 15) is 10.1 Å². The Bertz CT molecular complexity index is 923. The topological polar surface area (TPSA) is 89.6 Å². The van der Waals surface area contributed by atoms with Crippen molar-refractivity contribution in [2.75, 3.05) is 12.0 Å². The first kappa shape index (κ1) is 16.4. The Morgan fingerprint density at radius 3 is 2.80 bits per heavy atom. The fourth-order valence-electron chi connectivity index (χ4n) is 2.41. The van der Waals surface area contributed by atoms with E-state index < -0.39 is 4.92 Å². The largest absolute Gasteiger partial charge is 0.493 e. The summed E-state index contributed by atoms with van der Waals surface area (Å²) in [5, 5.41) is 16.9. The van der Waals surface area contributed by atoms with Crippen LogP contribution < -0.4 is 10.2 Å². The second kappa shape index (κ2) is 7.39. The lowest BCUT2D eigenvalue weighted by Crippen LogP contribution is -1.99. The number of hydrogen-bond acceptors (Lipinski definition) is 6. The molecule has 0 unspecified atom stereocenters. The molecule has 3 rings (SSSR count). The predicted molar refractivity (Wildman–Crippen MR) is 97.2 cm³/mol. The number of nitrogens with one attached hydrogen (secondary N) is 1. The number of benzene rings is 2. The van der Waals surface area contributed by atoms with Crippen molar-refractivity contribution < 1.29 is 9.66 Å². The standard InChI is InChI=1S/C18H16N4O3/c1-2-25-17-9-7-13-5-3-4-6-15(13)16(17)12-20-21-18-10-8-14(11-19-18)22(23)24/h3-12H,2H2,1H3,(H,19,21). The van der Waals surface area contributed by atoms with Crippen molar-refractivity contribution in [3.63, 3.8) is 0 Å². The molecule has 0 radical (unpaired) electrons. The number of nitro groups is 1. The molecule has 0 amide bonds. The third kappa shape index (κ3) is 3.72. The normalized spacial score (nSPS) is 10.9. The molecule has 0 spiro atoms. The Kier molecular flexibility index (Phi) is 4.84. The van der Waals surface area contributed by atoms with Gasteiger partial charge in [-0.25, -0.2) is 4.98 Å². The molecule has 1 aromatic heterocycles. The van der Waals surface area contributed by atoms with Crippen LogP contribution >= 0.6 is 0 Å². The van der Waals surface area contributed by atoms with Crippen LogP contribution in [0.15, 0.2) is 59.8 Å². The van der Waals surface area contributed by atoms with Gasteiger partial charge < -0.3 is 4.74 Å². The highest BCUT2D eigenvalue weighted by atomic mass is 16.6. The van der Waals surface area contributed by atoms with E-state index in [0.29, 0.717) is 12.4 Å². The monoisotopic (exact) mass is 336 g/mol. The van der Waals surface area contributed by atoms with Gasteiger partial charge in [-0.05, 0) is 29.8 Å². The number of pyridine rings is 1. The highest BCUT2D eigenvalue weighted by Gasteiger charge is 2.07. The van der Waals surface area contributed by atoms with Gasteiger partial charge in [-0.1, -0.05) is 30.3 Å². The van der Waals surface area contributed by atoms with Gasteiger partial charge in [0.1, 0.15) is 17.8 Å². The van der Waals surface area contributed by atoms with Crippen LogP contribution in [0.3, 0.4) is 0 Å². The van der Waals surface area contributed by atoms with Gasteiger partial charge in [-0.15, -0.1) is 0 Å². The molecule has 0 aliphatic heterocycles. The van der Waals surface area contributed by atoms with Crippen LogP contribution in [0.2, 0.25) is 0 Å². The first-order chi connectivity index (χ1) is 12.2. The van der Waals surface area contributed by atoms with E-state index in [-0.39, 0.29) is 5.69 Å². The first-order valence-electron chi connectivity index (χ1n) is 7.73. The first-order valence-corrected chi connectivity index (χ1v) is 7.73. The summed E-state index contributed by atoms with van der Waals surface area (Å²) in [7, 11) is 0. The molecule has 25 heavy (non-hydrogen) atoms. The molecule has 0 aliphatic carbocycles. The summed E-state index contributed by atoms with van der Waals surface area (Å²) in [6, 6.07) is 14.7. The van der Waals surface area contributed by atoms with Crippen molar-refractivity contribution in [2.45, 2.75) is 6.92 Å². The summed E-state index contributed by atoms with van der Waals surface area (Å²) < 4.78 is 5.68. The average molecular weight is 336 g/mol. The zero-order valence-corrected chi connectivity index (χ0v) is 13.5. The molecule has 0 saturated heterocycles. The summed E-state index contributed by atoms with van der Waals surface area (Å²) in [4.78, 5) is 14.1. The number of aromatic nitrogens is 1. The summed E-state index contributed by atoms with van der Waals surface area (Å²) in [6.07, 6.45) is 2.85. The van der Waals surface area contributed by atoms with E-state index in [1.54, 1.807) is 6.21 Å². The van der Waals surface area contributed by atoms with Crippen molar-refractivity contribution in [3.8, 4) is 5.75 Å². The highest BCUT2D eigenvalue weighted by molar-refractivity contribution is 6.02. The summed E-state index contributed by atoms with van der Waals surface area (Å²) in [5.41, 5.74) is 3.56. The van der Waals surface area contributed by atoms with Crippen LogP contribution in [0.4, 0.5) is 11.5 Å². The maximum Gasteiger partial charge on any atom is 0.287 e. The van der Waals surface area contributed by atoms with Crippen molar-refractivity contribution in [2.24, 2.45) is 5.10 Å². The minimum atomic E-state index is -0.496. The molecule has 0 aliphatic rings. The SMILES string of the molecule is CCOc1ccc2ccccc2c1C=NNc1ccc([N+](=O)[O-])cn1. The van der Waals surface area contributed by atoms with Gasteiger partial charge in [0.05, 0.1) is 17.7 Å². The molecule has 1 N–H and O–H groups in total. The molecule has 0 bridgehead atoms. The Labute approximate surface area is 144 Å². The molecular formula is C18H16N4O3. The van der Waals surface area contributed by atoms with Gasteiger partial charge in [0, 0.05) is 11.6 Å². The van der Waals surface area contributed by atoms with Gasteiger partial charge in [0.2, 0.25) is 0 Å². The minimum absolute atomic E-state index is 0.0674. The quantitative estimate of drug-likeness (QED) is 0.417. The highest BCUT2D eigenvalue weighted by Crippen LogP contribution is 2.26. The van der Waals surface area contributed by atoms with E-state index in [2.05, 4.69) is 15.5 Å². The molecule has 1 heterocycles. The second-order valence-corrected chi connectivity index (χ2v) is 5.16. The molecule has 0 fully saturated rings. The van der Waals surface area contributed by atoms with Gasteiger partial charge in [0.25, 0.3) is 5.69 Å². The second-order valence-electron chi connectivity index (χ2n) is 5.16. The van der Waals surface area contributed by atoms with Crippen molar-refractivity contribution in [1.82, 2.24) is 4.98 Å². The lowest BCUT2D eigenvalue weighted by molar-refractivity contribution is -0.385. The van der Waals surface area contributed by atoms with Crippen molar-refractivity contribution >= 4 is 28.5 Å². The van der Waals surface area contributed by atoms with Crippen LogP contribution in [0.25, 0.3) is 10.8 Å². The van der Waals surface area contributed by atoms with Crippen LogP contribution in [-0.2, 0) is 0 Å². The number of hydrazone groups is 1. The third-order valence-electron chi connectivity index (χ3n) is 3.56. The number of ether oxygens (including phenoxy) is 1. The van der Waals surface area contributed by atoms with E-state index in [1.807, 2.05) is 43.3 Å². The summed E-state index contributed by atoms with van der Waals surface area (Å²) >= 11 is 0. The Morgan fingerprint density at radius 1 is 1.24 bits per heavy atom. The minimum Gasteiger partial charge on any atom is -0.493 e. The molecule has 0 saturated carbocycles. The third-order valence-corrected chi connectivity index (χ3v) is 3.56. The predicted octanol–water partition coefficient (Wildman–Crippen LogP) is 3.99. The van der Waals surface area contributed by atoms with Gasteiger partial charge in [0.15, 0.2) is 0 Å². The lowest BCUT2D eigenvalue weighted by atomic mass is 10.0. The van der Waals surface area contributed by atoms with E-state index >= 15 is 0 Å². The smallest absolute Gasteiger partial charge is 0.287 e. The van der Waals surface area contributed by atoms with Crippen LogP contribution in [0, 0.1) is 10.1 Å². The van der Waals surface area contributed by atoms with Gasteiger partial charge >= 0.3 is 0 Å². The molecule has 7 heteroatoms. The molecule has 0 atom stereocenters. The van der Waals surface area contributed by atoms with Crippen LogP contribution in [0.5, 0.6) is 5.75 Å². The van der Waals surface area contributed by atoms with Gasteiger partial charge in [-0.2, -0.15) is 5.10 Å². The summed E-state index contributed by atoms with van der Waals surface area (Å²) in [6.45, 7) is 2.48. The number of hydrogen-bond donors (Lipinski definition) is 1. The number of anilines is 1. The van der Waals surface area contributed by atoms with E-state index in [0.717, 1.165) is 22.1 Å². The maximum absolute atomic E-state index is 10.6. The Hall–Kier alpha value is -3.48. The molecule has 3 aromatic rings. The fourth-order valence-corrected chi connectivity index (χ4v) is 2.41. The number of nitrogens with zero attached hydrogens (tertiary/aromatic N) is 3. The average Bonchev–Trinajstić information content (AvgIpc) is 2.64. The zero-order chi connectivity index (χ0) is 17.6. The fraction of sp³-hybridized carbons (Fsp3) is 0.111. The van der Waals surface area contributed by atoms with Gasteiger partial charge in [-0.3, -0.25) is 15.5 Å². The van der Waals surface area contributed by atoms with Crippen LogP contribution in [-0.4, -0.2) is 22.7 Å². The zero-order valence-electron chi connectivity index (χ0n) is 13.5. The number of fused-ring (bicyclic) bond motifs is 1. The van der Waals surface area contributed by atoms with Crippen molar-refractivity contribution in [3.05, 3.63) is 70.4 Å². The lowest BCUT2D eigenvalue weighted by Gasteiger charge is -2.10. The Balaban J connectivity index is 1.87. The van der Waals surface area contributed by atoms with Crippen molar-refractivity contribution in [1.29, 1.82) is 0 Å². The van der Waals surface area contributed by atoms with E-state index in [4.69, 9.17) is 4.74 Å². The maximum atomic E-state index is 10.6. The number of rotatable bonds is 6. The molecular weight excluding hydrogens is 320 g/mol. The van der Waals surface area contributed by atoms with Crippen LogP contribution in [0.1, 0.15) is 12.5 Å². The summed E-state index contributed by atoms with van der Waals surface area (Å²) in [5.74, 6) is 1.16. The van der Waals surface area contributed by atoms with E-state index in [1.165, 1.54) is 18.3 Å². The molecule has 7 nitrogen and oxygen atoms in total.